The highest BCUT2D eigenvalue weighted by molar-refractivity contribution is 7.21. The molecular weight excluding hydrogens is 268 g/mol. The minimum absolute atomic E-state index is 0.0696. The average Bonchev–Trinajstić information content (AvgIpc) is 2.66. The van der Waals surface area contributed by atoms with Crippen LogP contribution in [0.3, 0.4) is 0 Å². The summed E-state index contributed by atoms with van der Waals surface area (Å²) in [5, 5.41) is 4.06. The van der Waals surface area contributed by atoms with E-state index in [1.165, 1.54) is 11.3 Å². The molecule has 0 bridgehead atoms. The zero-order valence-corrected chi connectivity index (χ0v) is 13.4. The van der Waals surface area contributed by atoms with Crippen molar-refractivity contribution in [1.29, 1.82) is 0 Å². The van der Waals surface area contributed by atoms with Crippen molar-refractivity contribution in [3.8, 4) is 0 Å². The van der Waals surface area contributed by atoms with Gasteiger partial charge in [-0.3, -0.25) is 4.79 Å². The lowest BCUT2D eigenvalue weighted by atomic mass is 9.99. The summed E-state index contributed by atoms with van der Waals surface area (Å²) in [6, 6.07) is 6.11. The van der Waals surface area contributed by atoms with Crippen molar-refractivity contribution in [2.75, 3.05) is 5.73 Å². The van der Waals surface area contributed by atoms with E-state index in [0.717, 1.165) is 28.5 Å². The first kappa shape index (κ1) is 14.9. The molecule has 0 aliphatic carbocycles. The van der Waals surface area contributed by atoms with Gasteiger partial charge in [0.2, 0.25) is 0 Å². The lowest BCUT2D eigenvalue weighted by Crippen LogP contribution is -2.43. The number of anilines is 1. The number of aryl methyl sites for hydroxylation is 1. The number of carbonyl (C=O) groups is 1. The smallest absolute Gasteiger partial charge is 0.263 e. The van der Waals surface area contributed by atoms with Crippen LogP contribution < -0.4 is 11.1 Å². The van der Waals surface area contributed by atoms with Gasteiger partial charge in [0.15, 0.2) is 0 Å². The van der Waals surface area contributed by atoms with E-state index in [-0.39, 0.29) is 11.4 Å². The van der Waals surface area contributed by atoms with Gasteiger partial charge in [0.25, 0.3) is 5.91 Å². The predicted molar refractivity (Wildman–Crippen MR) is 87.4 cm³/mol. The SMILES string of the molecule is CCCC(C)(C)NC(=O)c1sc2ccc(C)cc2c1N. The topological polar surface area (TPSA) is 55.1 Å². The summed E-state index contributed by atoms with van der Waals surface area (Å²) < 4.78 is 1.06. The van der Waals surface area contributed by atoms with Crippen molar-refractivity contribution in [2.24, 2.45) is 0 Å². The molecule has 0 atom stereocenters. The molecule has 0 unspecified atom stereocenters. The van der Waals surface area contributed by atoms with Gasteiger partial charge < -0.3 is 11.1 Å². The quantitative estimate of drug-likeness (QED) is 0.890. The summed E-state index contributed by atoms with van der Waals surface area (Å²) in [5.74, 6) is -0.0696. The van der Waals surface area contributed by atoms with E-state index in [0.29, 0.717) is 10.6 Å². The highest BCUT2D eigenvalue weighted by atomic mass is 32.1. The molecule has 1 amide bonds. The molecule has 4 heteroatoms. The van der Waals surface area contributed by atoms with Crippen molar-refractivity contribution >= 4 is 33.0 Å². The lowest BCUT2D eigenvalue weighted by Gasteiger charge is -2.25. The molecule has 0 fully saturated rings. The van der Waals surface area contributed by atoms with Crippen LogP contribution in [0, 0.1) is 6.92 Å². The summed E-state index contributed by atoms with van der Waals surface area (Å²) in [5.41, 5.74) is 7.70. The fraction of sp³-hybridized carbons (Fsp3) is 0.438. The molecule has 0 saturated heterocycles. The number of rotatable bonds is 4. The molecule has 0 aliphatic heterocycles. The molecule has 1 aromatic heterocycles. The number of nitrogens with two attached hydrogens (primary N) is 1. The minimum Gasteiger partial charge on any atom is -0.397 e. The van der Waals surface area contributed by atoms with Crippen LogP contribution in [-0.2, 0) is 0 Å². The summed E-state index contributed by atoms with van der Waals surface area (Å²) >= 11 is 1.46. The Bertz CT molecular complexity index is 643. The molecule has 3 nitrogen and oxygen atoms in total. The molecule has 2 rings (SSSR count). The first-order chi connectivity index (χ1) is 9.34. The molecule has 1 heterocycles. The molecule has 0 aliphatic rings. The number of amides is 1. The third-order valence-corrected chi connectivity index (χ3v) is 4.60. The van der Waals surface area contributed by atoms with Crippen LogP contribution in [0.15, 0.2) is 18.2 Å². The first-order valence-corrected chi connectivity index (χ1v) is 7.77. The molecule has 0 spiro atoms. The van der Waals surface area contributed by atoms with Gasteiger partial charge in [0.05, 0.1) is 5.69 Å². The number of fused-ring (bicyclic) bond motifs is 1. The molecule has 0 saturated carbocycles. The second-order valence-corrected chi connectivity index (χ2v) is 6.98. The van der Waals surface area contributed by atoms with E-state index in [2.05, 4.69) is 12.2 Å². The standard InChI is InChI=1S/C16H22N2OS/c1-5-8-16(3,4)18-15(19)14-13(17)11-9-10(2)6-7-12(11)20-14/h6-7,9H,5,8,17H2,1-4H3,(H,18,19). The van der Waals surface area contributed by atoms with Gasteiger partial charge >= 0.3 is 0 Å². The van der Waals surface area contributed by atoms with Gasteiger partial charge in [0, 0.05) is 15.6 Å². The molecule has 0 radical (unpaired) electrons. The number of thiophene rings is 1. The Balaban J connectivity index is 2.33. The van der Waals surface area contributed by atoms with Gasteiger partial charge in [-0.15, -0.1) is 11.3 Å². The number of benzene rings is 1. The highest BCUT2D eigenvalue weighted by Gasteiger charge is 2.23. The van der Waals surface area contributed by atoms with E-state index in [1.807, 2.05) is 39.0 Å². The number of nitrogens with one attached hydrogen (secondary N) is 1. The Morgan fingerprint density at radius 1 is 1.40 bits per heavy atom. The van der Waals surface area contributed by atoms with Gasteiger partial charge in [-0.25, -0.2) is 0 Å². The maximum atomic E-state index is 12.4. The molecule has 3 N–H and O–H groups in total. The van der Waals surface area contributed by atoms with E-state index < -0.39 is 0 Å². The second kappa shape index (κ2) is 5.44. The summed E-state index contributed by atoms with van der Waals surface area (Å²) in [6.07, 6.45) is 1.98. The van der Waals surface area contributed by atoms with E-state index in [9.17, 15) is 4.79 Å². The fourth-order valence-corrected chi connectivity index (χ4v) is 3.45. The maximum Gasteiger partial charge on any atom is 0.263 e. The monoisotopic (exact) mass is 290 g/mol. The number of hydrogen-bond acceptors (Lipinski definition) is 3. The number of carbonyl (C=O) groups excluding carboxylic acids is 1. The zero-order valence-electron chi connectivity index (χ0n) is 12.5. The largest absolute Gasteiger partial charge is 0.397 e. The predicted octanol–water partition coefficient (Wildman–Crippen LogP) is 4.10. The first-order valence-electron chi connectivity index (χ1n) is 6.95. The Morgan fingerprint density at radius 3 is 2.75 bits per heavy atom. The highest BCUT2D eigenvalue weighted by Crippen LogP contribution is 2.34. The second-order valence-electron chi connectivity index (χ2n) is 5.93. The number of hydrogen-bond donors (Lipinski definition) is 2. The molecular formula is C16H22N2OS. The van der Waals surface area contributed by atoms with Crippen LogP contribution in [0.25, 0.3) is 10.1 Å². The van der Waals surface area contributed by atoms with Crippen LogP contribution in [0.1, 0.15) is 48.8 Å². The Labute approximate surface area is 124 Å². The van der Waals surface area contributed by atoms with E-state index in [4.69, 9.17) is 5.73 Å². The van der Waals surface area contributed by atoms with Crippen LogP contribution >= 0.6 is 11.3 Å². The third kappa shape index (κ3) is 2.96. The third-order valence-electron chi connectivity index (χ3n) is 3.42. The normalized spacial score (nSPS) is 11.8. The molecule has 108 valence electrons. The van der Waals surface area contributed by atoms with E-state index >= 15 is 0 Å². The van der Waals surface area contributed by atoms with Crippen LogP contribution in [0.5, 0.6) is 0 Å². The summed E-state index contributed by atoms with van der Waals surface area (Å²) in [4.78, 5) is 13.0. The number of nitrogen functional groups attached to an aromatic ring is 1. The van der Waals surface area contributed by atoms with Crippen molar-refractivity contribution in [2.45, 2.75) is 46.1 Å². The van der Waals surface area contributed by atoms with Crippen LogP contribution in [-0.4, -0.2) is 11.4 Å². The molecule has 2 aromatic rings. The summed E-state index contributed by atoms with van der Waals surface area (Å²) in [6.45, 7) is 8.23. The Hall–Kier alpha value is -1.55. The van der Waals surface area contributed by atoms with Crippen molar-refractivity contribution in [1.82, 2.24) is 5.32 Å². The fourth-order valence-electron chi connectivity index (χ4n) is 2.45. The Kier molecular flexibility index (Phi) is 4.04. The van der Waals surface area contributed by atoms with Crippen molar-refractivity contribution < 1.29 is 4.79 Å². The maximum absolute atomic E-state index is 12.4. The van der Waals surface area contributed by atoms with Crippen LogP contribution in [0.4, 0.5) is 5.69 Å². The lowest BCUT2D eigenvalue weighted by molar-refractivity contribution is 0.0914. The molecule has 1 aromatic carbocycles. The average molecular weight is 290 g/mol. The van der Waals surface area contributed by atoms with Gasteiger partial charge in [-0.2, -0.15) is 0 Å². The van der Waals surface area contributed by atoms with E-state index in [1.54, 1.807) is 0 Å². The van der Waals surface area contributed by atoms with Crippen molar-refractivity contribution in [3.63, 3.8) is 0 Å². The van der Waals surface area contributed by atoms with Gasteiger partial charge in [0.1, 0.15) is 4.88 Å². The van der Waals surface area contributed by atoms with Gasteiger partial charge in [-0.05, 0) is 39.3 Å². The zero-order chi connectivity index (χ0) is 14.9. The van der Waals surface area contributed by atoms with Crippen molar-refractivity contribution in [3.05, 3.63) is 28.6 Å². The minimum atomic E-state index is -0.204. The van der Waals surface area contributed by atoms with Gasteiger partial charge in [-0.1, -0.05) is 25.0 Å². The molecule has 20 heavy (non-hydrogen) atoms. The Morgan fingerprint density at radius 2 is 2.10 bits per heavy atom. The van der Waals surface area contributed by atoms with Crippen LogP contribution in [0.2, 0.25) is 0 Å². The summed E-state index contributed by atoms with van der Waals surface area (Å²) in [7, 11) is 0.